The third-order valence-electron chi connectivity index (χ3n) is 4.15. The zero-order chi connectivity index (χ0) is 15.8. The highest BCUT2D eigenvalue weighted by molar-refractivity contribution is 5.91. The number of carbonyl (C=O) groups is 1. The summed E-state index contributed by atoms with van der Waals surface area (Å²) in [4.78, 5) is 34.8. The number of aromatic nitrogens is 4. The maximum absolute atomic E-state index is 12.6. The predicted octanol–water partition coefficient (Wildman–Crippen LogP) is 1.38. The van der Waals surface area contributed by atoms with Gasteiger partial charge in [-0.2, -0.15) is 0 Å². The molecule has 4 rings (SSSR count). The number of amides is 1. The van der Waals surface area contributed by atoms with E-state index in [4.69, 9.17) is 4.42 Å². The first-order valence-corrected chi connectivity index (χ1v) is 7.50. The summed E-state index contributed by atoms with van der Waals surface area (Å²) in [5.74, 6) is -0.0142. The van der Waals surface area contributed by atoms with Crippen LogP contribution in [0.3, 0.4) is 0 Å². The molecule has 118 valence electrons. The van der Waals surface area contributed by atoms with Gasteiger partial charge in [0.05, 0.1) is 17.9 Å². The molecule has 8 heteroatoms. The van der Waals surface area contributed by atoms with Crippen molar-refractivity contribution in [3.63, 3.8) is 0 Å². The van der Waals surface area contributed by atoms with Crippen LogP contribution < -0.4 is 5.56 Å². The van der Waals surface area contributed by atoms with Gasteiger partial charge in [-0.15, -0.1) is 0 Å². The quantitative estimate of drug-likeness (QED) is 0.771. The van der Waals surface area contributed by atoms with Gasteiger partial charge in [0.15, 0.2) is 12.0 Å². The van der Waals surface area contributed by atoms with Crippen LogP contribution in [0.15, 0.2) is 40.1 Å². The van der Waals surface area contributed by atoms with E-state index in [1.54, 1.807) is 17.2 Å². The average Bonchev–Trinajstić information content (AvgIpc) is 3.25. The van der Waals surface area contributed by atoms with Crippen LogP contribution in [-0.4, -0.2) is 36.9 Å². The molecular formula is C15H15N5O3. The summed E-state index contributed by atoms with van der Waals surface area (Å²) < 4.78 is 6.49. The molecule has 0 aromatic carbocycles. The molecule has 1 saturated heterocycles. The molecule has 8 nitrogen and oxygen atoms in total. The minimum absolute atomic E-state index is 0.187. The molecule has 0 radical (unpaired) electrons. The summed E-state index contributed by atoms with van der Waals surface area (Å²) >= 11 is 0. The highest BCUT2D eigenvalue weighted by Gasteiger charge is 2.31. The fraction of sp³-hybridized carbons (Fsp3) is 0.333. The SMILES string of the molecule is O=C(c1cnco1)N1CCCCC1c1cc(=O)n2[nH]ccc2n1. The molecular weight excluding hydrogens is 298 g/mol. The summed E-state index contributed by atoms with van der Waals surface area (Å²) in [6.45, 7) is 0.610. The first-order valence-electron chi connectivity index (χ1n) is 7.50. The highest BCUT2D eigenvalue weighted by Crippen LogP contribution is 2.30. The summed E-state index contributed by atoms with van der Waals surface area (Å²) in [7, 11) is 0. The molecule has 1 unspecified atom stereocenters. The minimum Gasteiger partial charge on any atom is -0.438 e. The van der Waals surface area contributed by atoms with E-state index >= 15 is 0 Å². The zero-order valence-corrected chi connectivity index (χ0v) is 12.3. The zero-order valence-electron chi connectivity index (χ0n) is 12.3. The Balaban J connectivity index is 1.74. The number of hydrogen-bond donors (Lipinski definition) is 1. The van der Waals surface area contributed by atoms with E-state index in [-0.39, 0.29) is 23.3 Å². The number of rotatable bonds is 2. The summed E-state index contributed by atoms with van der Waals surface area (Å²) in [6.07, 6.45) is 6.98. The van der Waals surface area contributed by atoms with E-state index < -0.39 is 0 Å². The second kappa shape index (κ2) is 5.38. The lowest BCUT2D eigenvalue weighted by atomic mass is 9.98. The molecule has 1 aliphatic heterocycles. The summed E-state index contributed by atoms with van der Waals surface area (Å²) in [5.41, 5.74) is 0.972. The van der Waals surface area contributed by atoms with Gasteiger partial charge in [0.2, 0.25) is 5.76 Å². The number of nitrogens with zero attached hydrogens (tertiary/aromatic N) is 4. The Labute approximate surface area is 130 Å². The summed E-state index contributed by atoms with van der Waals surface area (Å²) in [5, 5.41) is 2.81. The lowest BCUT2D eigenvalue weighted by Gasteiger charge is -2.34. The number of piperidine rings is 1. The van der Waals surface area contributed by atoms with Crippen molar-refractivity contribution in [2.75, 3.05) is 6.54 Å². The van der Waals surface area contributed by atoms with Gasteiger partial charge in [0, 0.05) is 24.9 Å². The number of fused-ring (bicyclic) bond motifs is 1. The standard InChI is InChI=1S/C15H15N5O3/c21-14-7-10(18-13-4-5-17-20(13)14)11-3-1-2-6-19(11)15(22)12-8-16-9-23-12/h4-5,7-9,11,17H,1-3,6H2. The van der Waals surface area contributed by atoms with Gasteiger partial charge in [-0.25, -0.2) is 14.5 Å². The van der Waals surface area contributed by atoms with Crippen LogP contribution in [0.5, 0.6) is 0 Å². The van der Waals surface area contributed by atoms with Crippen molar-refractivity contribution in [2.24, 2.45) is 0 Å². The molecule has 0 aliphatic carbocycles. The maximum atomic E-state index is 12.6. The highest BCUT2D eigenvalue weighted by atomic mass is 16.3. The van der Waals surface area contributed by atoms with E-state index in [1.165, 1.54) is 23.2 Å². The molecule has 3 aromatic rings. The van der Waals surface area contributed by atoms with E-state index in [0.717, 1.165) is 19.3 Å². The number of aromatic amines is 1. The molecule has 23 heavy (non-hydrogen) atoms. The first kappa shape index (κ1) is 13.7. The normalized spacial score (nSPS) is 18.4. The summed E-state index contributed by atoms with van der Waals surface area (Å²) in [6, 6.07) is 2.99. The van der Waals surface area contributed by atoms with Gasteiger partial charge in [0.25, 0.3) is 11.5 Å². The number of hydrogen-bond acceptors (Lipinski definition) is 5. The topological polar surface area (TPSA) is 96.5 Å². The van der Waals surface area contributed by atoms with Gasteiger partial charge in [-0.1, -0.05) is 0 Å². The number of likely N-dealkylation sites (tertiary alicyclic amines) is 1. The Morgan fingerprint density at radius 1 is 1.39 bits per heavy atom. The van der Waals surface area contributed by atoms with E-state index in [1.807, 2.05) is 0 Å². The molecule has 1 N–H and O–H groups in total. The van der Waals surface area contributed by atoms with Crippen LogP contribution >= 0.6 is 0 Å². The Morgan fingerprint density at radius 3 is 3.13 bits per heavy atom. The lowest BCUT2D eigenvalue weighted by molar-refractivity contribution is 0.0573. The fourth-order valence-corrected chi connectivity index (χ4v) is 3.06. The Morgan fingerprint density at radius 2 is 2.30 bits per heavy atom. The Hall–Kier alpha value is -2.90. The third kappa shape index (κ3) is 2.32. The second-order valence-electron chi connectivity index (χ2n) is 5.55. The molecule has 1 fully saturated rings. The van der Waals surface area contributed by atoms with Gasteiger partial charge in [-0.3, -0.25) is 14.7 Å². The molecule has 1 atom stereocenters. The second-order valence-corrected chi connectivity index (χ2v) is 5.55. The molecule has 1 amide bonds. The number of H-pyrrole nitrogens is 1. The van der Waals surface area contributed by atoms with Crippen LogP contribution in [0.2, 0.25) is 0 Å². The van der Waals surface area contributed by atoms with Crippen molar-refractivity contribution in [1.82, 2.24) is 24.5 Å². The Kier molecular flexibility index (Phi) is 3.22. The molecule has 0 saturated carbocycles. The van der Waals surface area contributed by atoms with Crippen molar-refractivity contribution < 1.29 is 9.21 Å². The smallest absolute Gasteiger partial charge is 0.291 e. The van der Waals surface area contributed by atoms with Crippen LogP contribution in [0.4, 0.5) is 0 Å². The van der Waals surface area contributed by atoms with Crippen molar-refractivity contribution in [3.05, 3.63) is 52.7 Å². The van der Waals surface area contributed by atoms with Gasteiger partial charge < -0.3 is 9.32 Å². The lowest BCUT2D eigenvalue weighted by Crippen LogP contribution is -2.39. The van der Waals surface area contributed by atoms with Crippen LogP contribution in [0.25, 0.3) is 5.65 Å². The largest absolute Gasteiger partial charge is 0.438 e. The van der Waals surface area contributed by atoms with E-state index in [0.29, 0.717) is 17.9 Å². The van der Waals surface area contributed by atoms with Crippen molar-refractivity contribution in [2.45, 2.75) is 25.3 Å². The molecule has 0 spiro atoms. The monoisotopic (exact) mass is 313 g/mol. The minimum atomic E-state index is -0.228. The Bertz CT molecular complexity index is 895. The predicted molar refractivity (Wildman–Crippen MR) is 79.9 cm³/mol. The molecule has 0 bridgehead atoms. The van der Waals surface area contributed by atoms with Crippen molar-refractivity contribution in [3.8, 4) is 0 Å². The van der Waals surface area contributed by atoms with Crippen LogP contribution in [-0.2, 0) is 0 Å². The van der Waals surface area contributed by atoms with Gasteiger partial charge in [0.1, 0.15) is 0 Å². The maximum Gasteiger partial charge on any atom is 0.291 e. The van der Waals surface area contributed by atoms with Crippen LogP contribution in [0.1, 0.15) is 41.6 Å². The molecule has 4 heterocycles. The number of nitrogens with one attached hydrogen (secondary N) is 1. The first-order chi connectivity index (χ1) is 11.2. The third-order valence-corrected chi connectivity index (χ3v) is 4.15. The van der Waals surface area contributed by atoms with Crippen LogP contribution in [0, 0.1) is 0 Å². The molecule has 1 aliphatic rings. The number of carbonyl (C=O) groups excluding carboxylic acids is 1. The van der Waals surface area contributed by atoms with Crippen molar-refractivity contribution in [1.29, 1.82) is 0 Å². The van der Waals surface area contributed by atoms with Gasteiger partial charge >= 0.3 is 0 Å². The van der Waals surface area contributed by atoms with Crippen molar-refractivity contribution >= 4 is 11.6 Å². The van der Waals surface area contributed by atoms with Gasteiger partial charge in [-0.05, 0) is 19.3 Å². The fourth-order valence-electron chi connectivity index (χ4n) is 3.06. The average molecular weight is 313 g/mol. The molecule has 3 aromatic heterocycles. The number of oxazole rings is 1. The van der Waals surface area contributed by atoms with E-state index in [2.05, 4.69) is 15.1 Å². The van der Waals surface area contributed by atoms with E-state index in [9.17, 15) is 9.59 Å².